The molecule has 1 amide bonds. The summed E-state index contributed by atoms with van der Waals surface area (Å²) < 4.78 is 11.8. The van der Waals surface area contributed by atoms with Crippen molar-refractivity contribution in [3.63, 3.8) is 0 Å². The normalized spacial score (nSPS) is 14.9. The maximum atomic E-state index is 13.8. The van der Waals surface area contributed by atoms with Gasteiger partial charge in [0.1, 0.15) is 18.1 Å². The molecule has 1 fully saturated rings. The standard InChI is InChI=1S/C49H52N4O8/c54-43-20-18-41(42-19-21-45(56)52-46(42)43)44(55)31-50-25-22-34-14-16-37(17-15-34)47(57)51-26-29-60-40-13-7-12-39(30-40)49(59,38-10-5-2-6-11-38)48(58)61-33-36-23-27-53(28-24-36)32-35-8-3-1-4-9-35/h1-21,30,36,44,50,54-55,59H,22-29,31-33H2,(H,51,57)(H,52,56)/t44-,49+/m0/s1. The third kappa shape index (κ3) is 10.9. The lowest BCUT2D eigenvalue weighted by atomic mass is 9.86. The zero-order chi connectivity index (χ0) is 42.6. The topological polar surface area (TPSA) is 173 Å². The van der Waals surface area contributed by atoms with Gasteiger partial charge in [0, 0.05) is 35.7 Å². The number of carbonyl (C=O) groups excluding carboxylic acids is 2. The molecule has 2 heterocycles. The lowest BCUT2D eigenvalue weighted by Crippen LogP contribution is -2.40. The van der Waals surface area contributed by atoms with Crippen LogP contribution in [0.15, 0.2) is 138 Å². The van der Waals surface area contributed by atoms with Crippen LogP contribution in [0.5, 0.6) is 11.5 Å². The number of esters is 1. The monoisotopic (exact) mass is 824 g/mol. The number of aromatic nitrogens is 1. The number of rotatable bonds is 18. The number of ether oxygens (including phenoxy) is 2. The molecule has 1 aromatic heterocycles. The van der Waals surface area contributed by atoms with Crippen LogP contribution in [-0.4, -0.2) is 83.0 Å². The first-order valence-corrected chi connectivity index (χ1v) is 20.7. The summed E-state index contributed by atoms with van der Waals surface area (Å²) in [5.41, 5.74) is 1.98. The molecule has 6 aromatic rings. The fourth-order valence-electron chi connectivity index (χ4n) is 7.73. The number of piperidine rings is 1. The Balaban J connectivity index is 0.860. The Morgan fingerprint density at radius 1 is 0.820 bits per heavy atom. The summed E-state index contributed by atoms with van der Waals surface area (Å²) in [5, 5.41) is 39.7. The molecule has 0 unspecified atom stereocenters. The maximum Gasteiger partial charge on any atom is 0.347 e. The van der Waals surface area contributed by atoms with Crippen molar-refractivity contribution in [1.82, 2.24) is 20.5 Å². The highest BCUT2D eigenvalue weighted by molar-refractivity contribution is 5.94. The lowest BCUT2D eigenvalue weighted by molar-refractivity contribution is -0.164. The molecule has 7 rings (SSSR count). The van der Waals surface area contributed by atoms with Crippen LogP contribution in [0.2, 0.25) is 0 Å². The highest BCUT2D eigenvalue weighted by Crippen LogP contribution is 2.34. The highest BCUT2D eigenvalue weighted by atomic mass is 16.5. The van der Waals surface area contributed by atoms with Crippen LogP contribution in [0.1, 0.15) is 57.1 Å². The molecular formula is C49H52N4O8. The zero-order valence-corrected chi connectivity index (χ0v) is 34.0. The first kappa shape index (κ1) is 42.8. The number of aliphatic hydroxyl groups is 2. The van der Waals surface area contributed by atoms with E-state index in [9.17, 15) is 29.7 Å². The van der Waals surface area contributed by atoms with E-state index in [-0.39, 0.29) is 55.0 Å². The zero-order valence-electron chi connectivity index (χ0n) is 34.0. The van der Waals surface area contributed by atoms with Gasteiger partial charge in [-0.25, -0.2) is 4.79 Å². The van der Waals surface area contributed by atoms with E-state index in [1.165, 1.54) is 17.7 Å². The third-order valence-electron chi connectivity index (χ3n) is 11.2. The van der Waals surface area contributed by atoms with Crippen molar-refractivity contribution in [3.05, 3.63) is 177 Å². The predicted octanol–water partition coefficient (Wildman–Crippen LogP) is 5.60. The average molecular weight is 825 g/mol. The van der Waals surface area contributed by atoms with Crippen molar-refractivity contribution in [2.24, 2.45) is 5.92 Å². The number of nitrogens with zero attached hydrogens (tertiary/aromatic N) is 1. The number of benzene rings is 5. The molecule has 1 aliphatic rings. The van der Waals surface area contributed by atoms with Gasteiger partial charge in [0.05, 0.1) is 24.8 Å². The van der Waals surface area contributed by atoms with Crippen LogP contribution < -0.4 is 20.9 Å². The van der Waals surface area contributed by atoms with E-state index in [2.05, 4.69) is 44.8 Å². The second-order valence-electron chi connectivity index (χ2n) is 15.5. The smallest absolute Gasteiger partial charge is 0.347 e. The first-order chi connectivity index (χ1) is 29.7. The van der Waals surface area contributed by atoms with Crippen LogP contribution >= 0.6 is 0 Å². The van der Waals surface area contributed by atoms with Crippen LogP contribution in [0, 0.1) is 5.92 Å². The molecule has 0 bridgehead atoms. The predicted molar refractivity (Wildman–Crippen MR) is 233 cm³/mol. The van der Waals surface area contributed by atoms with Gasteiger partial charge in [0.2, 0.25) is 11.2 Å². The molecule has 12 heteroatoms. The fourth-order valence-corrected chi connectivity index (χ4v) is 7.73. The summed E-state index contributed by atoms with van der Waals surface area (Å²) in [7, 11) is 0. The summed E-state index contributed by atoms with van der Waals surface area (Å²) in [5.74, 6) is -0.426. The van der Waals surface area contributed by atoms with Gasteiger partial charge < -0.3 is 40.4 Å². The number of pyridine rings is 1. The van der Waals surface area contributed by atoms with Gasteiger partial charge >= 0.3 is 5.97 Å². The molecule has 0 saturated carbocycles. The number of aromatic hydroxyl groups is 1. The minimum absolute atomic E-state index is 0.0596. The number of H-pyrrole nitrogens is 1. The highest BCUT2D eigenvalue weighted by Gasteiger charge is 2.42. The van der Waals surface area contributed by atoms with Crippen LogP contribution in [-0.2, 0) is 28.1 Å². The van der Waals surface area contributed by atoms with E-state index in [1.807, 2.05) is 24.3 Å². The van der Waals surface area contributed by atoms with Crippen molar-refractivity contribution in [2.75, 3.05) is 45.9 Å². The summed E-state index contributed by atoms with van der Waals surface area (Å²) in [6, 6.07) is 39.2. The van der Waals surface area contributed by atoms with E-state index < -0.39 is 17.7 Å². The summed E-state index contributed by atoms with van der Waals surface area (Å²) >= 11 is 0. The van der Waals surface area contributed by atoms with E-state index in [0.717, 1.165) is 38.0 Å². The number of nitrogens with one attached hydrogen (secondary N) is 3. The molecule has 316 valence electrons. The Morgan fingerprint density at radius 2 is 1.54 bits per heavy atom. The molecule has 0 spiro atoms. The van der Waals surface area contributed by atoms with Gasteiger partial charge in [0.15, 0.2) is 0 Å². The van der Waals surface area contributed by atoms with Crippen molar-refractivity contribution in [3.8, 4) is 11.5 Å². The summed E-state index contributed by atoms with van der Waals surface area (Å²) in [6.45, 7) is 4.16. The lowest BCUT2D eigenvalue weighted by Gasteiger charge is -2.33. The van der Waals surface area contributed by atoms with Gasteiger partial charge in [-0.1, -0.05) is 91.0 Å². The van der Waals surface area contributed by atoms with Crippen molar-refractivity contribution in [2.45, 2.75) is 37.5 Å². The molecule has 5 aromatic carbocycles. The molecule has 61 heavy (non-hydrogen) atoms. The van der Waals surface area contributed by atoms with Gasteiger partial charge in [-0.3, -0.25) is 14.5 Å². The van der Waals surface area contributed by atoms with E-state index in [4.69, 9.17) is 9.47 Å². The van der Waals surface area contributed by atoms with Crippen molar-refractivity contribution >= 4 is 22.8 Å². The van der Waals surface area contributed by atoms with Crippen LogP contribution in [0.25, 0.3) is 10.9 Å². The Bertz CT molecular complexity index is 2440. The minimum atomic E-state index is -2.06. The molecule has 6 N–H and O–H groups in total. The number of amides is 1. The van der Waals surface area contributed by atoms with Gasteiger partial charge in [0.25, 0.3) is 5.91 Å². The number of aromatic amines is 1. The largest absolute Gasteiger partial charge is 0.506 e. The second kappa shape index (κ2) is 20.3. The number of aliphatic hydroxyl groups excluding tert-OH is 1. The molecule has 2 atom stereocenters. The van der Waals surface area contributed by atoms with Gasteiger partial charge in [-0.15, -0.1) is 0 Å². The summed E-state index contributed by atoms with van der Waals surface area (Å²) in [6.07, 6.45) is 1.60. The van der Waals surface area contributed by atoms with Gasteiger partial charge in [-0.05, 0) is 103 Å². The molecule has 1 aliphatic heterocycles. The van der Waals surface area contributed by atoms with E-state index in [0.29, 0.717) is 46.4 Å². The number of carbonyl (C=O) groups is 2. The Kier molecular flexibility index (Phi) is 14.2. The maximum absolute atomic E-state index is 13.8. The Morgan fingerprint density at radius 3 is 2.30 bits per heavy atom. The van der Waals surface area contributed by atoms with Crippen LogP contribution in [0.3, 0.4) is 0 Å². The van der Waals surface area contributed by atoms with E-state index >= 15 is 0 Å². The molecule has 1 saturated heterocycles. The minimum Gasteiger partial charge on any atom is -0.506 e. The molecule has 0 aliphatic carbocycles. The number of hydrogen-bond acceptors (Lipinski definition) is 10. The number of fused-ring (bicyclic) bond motifs is 1. The molecule has 0 radical (unpaired) electrons. The van der Waals surface area contributed by atoms with Gasteiger partial charge in [-0.2, -0.15) is 0 Å². The Labute approximate surface area is 354 Å². The fraction of sp³-hybridized carbons (Fsp3) is 0.286. The van der Waals surface area contributed by atoms with Crippen molar-refractivity contribution in [1.29, 1.82) is 0 Å². The number of phenolic OH excluding ortho intramolecular Hbond substituents is 1. The van der Waals surface area contributed by atoms with E-state index in [1.54, 1.807) is 72.8 Å². The van der Waals surface area contributed by atoms with Crippen molar-refractivity contribution < 1.29 is 34.4 Å². The van der Waals surface area contributed by atoms with Crippen LogP contribution in [0.4, 0.5) is 0 Å². The second-order valence-corrected chi connectivity index (χ2v) is 15.5. The molecule has 12 nitrogen and oxygen atoms in total. The average Bonchev–Trinajstić information content (AvgIpc) is 3.29. The SMILES string of the molecule is O=C(NCCOc1cccc([C@@](O)(C(=O)OCC2CCN(Cc3ccccc3)CC2)c2ccccc2)c1)c1ccc(CCNC[C@H](O)c2ccc(O)c3[nH]c(=O)ccc23)cc1. The first-order valence-electron chi connectivity index (χ1n) is 20.7. The quantitative estimate of drug-likeness (QED) is 0.0474. The number of likely N-dealkylation sites (tertiary alicyclic amines) is 1. The number of hydrogen-bond donors (Lipinski definition) is 6. The number of phenols is 1. The Hall–Kier alpha value is -6.31. The third-order valence-corrected chi connectivity index (χ3v) is 11.2. The molecular weight excluding hydrogens is 773 g/mol. The summed E-state index contributed by atoms with van der Waals surface area (Å²) in [4.78, 5) is 43.5.